The summed E-state index contributed by atoms with van der Waals surface area (Å²) in [5.74, 6) is 0.820. The van der Waals surface area contributed by atoms with E-state index in [-0.39, 0.29) is 5.91 Å². The Hall–Kier alpha value is -3.16. The Bertz CT molecular complexity index is 1260. The van der Waals surface area contributed by atoms with Crippen LogP contribution in [0.4, 0.5) is 0 Å². The molecule has 0 aliphatic rings. The first-order valence-electron chi connectivity index (χ1n) is 12.2. The van der Waals surface area contributed by atoms with Gasteiger partial charge in [-0.1, -0.05) is 67.6 Å². The highest BCUT2D eigenvalue weighted by Crippen LogP contribution is 2.27. The van der Waals surface area contributed by atoms with E-state index in [0.717, 1.165) is 47.1 Å². The molecule has 2 aromatic carbocycles. The molecule has 2 heterocycles. The van der Waals surface area contributed by atoms with Crippen LogP contribution in [-0.4, -0.2) is 51.5 Å². The molecule has 0 radical (unpaired) electrons. The standard InChI is InChI=1S/C28H33N5OS/c1-4-32(5-2)16-15-30-27(34)24-11-9-22(10-12-24)19-33-26-18-29-14-13-25(26)31-28(33)35-20-23-8-6-7-21(3)17-23/h6-14,17-18H,4-5,15-16,19-20H2,1-3H3,(H,30,34). The van der Waals surface area contributed by atoms with Crippen LogP contribution in [0.2, 0.25) is 0 Å². The van der Waals surface area contributed by atoms with Crippen LogP contribution < -0.4 is 5.32 Å². The highest BCUT2D eigenvalue weighted by atomic mass is 32.2. The third kappa shape index (κ3) is 6.50. The summed E-state index contributed by atoms with van der Waals surface area (Å²) in [5.41, 5.74) is 6.29. The van der Waals surface area contributed by atoms with Crippen LogP contribution in [0.3, 0.4) is 0 Å². The topological polar surface area (TPSA) is 63.1 Å². The van der Waals surface area contributed by atoms with E-state index in [2.05, 4.69) is 64.8 Å². The number of pyridine rings is 1. The highest BCUT2D eigenvalue weighted by molar-refractivity contribution is 7.98. The van der Waals surface area contributed by atoms with Gasteiger partial charge in [0.2, 0.25) is 0 Å². The van der Waals surface area contributed by atoms with E-state index in [1.807, 2.05) is 36.5 Å². The summed E-state index contributed by atoms with van der Waals surface area (Å²) < 4.78 is 2.21. The third-order valence-electron chi connectivity index (χ3n) is 6.13. The lowest BCUT2D eigenvalue weighted by Gasteiger charge is -2.18. The van der Waals surface area contributed by atoms with Crippen molar-refractivity contribution in [3.8, 4) is 0 Å². The molecule has 1 N–H and O–H groups in total. The zero-order chi connectivity index (χ0) is 24.6. The number of amides is 1. The molecule has 2 aromatic heterocycles. The van der Waals surface area contributed by atoms with Crippen molar-refractivity contribution >= 4 is 28.7 Å². The number of benzene rings is 2. The van der Waals surface area contributed by atoms with Crippen LogP contribution in [0.25, 0.3) is 11.0 Å². The maximum atomic E-state index is 12.5. The molecule has 182 valence electrons. The molecule has 0 unspecified atom stereocenters. The van der Waals surface area contributed by atoms with E-state index >= 15 is 0 Å². The van der Waals surface area contributed by atoms with Crippen molar-refractivity contribution in [1.82, 2.24) is 24.8 Å². The Morgan fingerprint density at radius 2 is 1.86 bits per heavy atom. The first-order chi connectivity index (χ1) is 17.1. The fourth-order valence-corrected chi connectivity index (χ4v) is 5.03. The normalized spacial score (nSPS) is 11.3. The van der Waals surface area contributed by atoms with Crippen LogP contribution in [-0.2, 0) is 12.3 Å². The van der Waals surface area contributed by atoms with Gasteiger partial charge in [0.25, 0.3) is 5.91 Å². The molecule has 35 heavy (non-hydrogen) atoms. The number of aromatic nitrogens is 3. The Balaban J connectivity index is 1.46. The van der Waals surface area contributed by atoms with Gasteiger partial charge >= 0.3 is 0 Å². The summed E-state index contributed by atoms with van der Waals surface area (Å²) >= 11 is 1.73. The number of hydrogen-bond donors (Lipinski definition) is 1. The van der Waals surface area contributed by atoms with Crippen molar-refractivity contribution in [2.45, 2.75) is 38.2 Å². The van der Waals surface area contributed by atoms with Crippen LogP contribution in [0, 0.1) is 6.92 Å². The number of hydrogen-bond acceptors (Lipinski definition) is 5. The number of imidazole rings is 1. The maximum Gasteiger partial charge on any atom is 0.251 e. The van der Waals surface area contributed by atoms with Gasteiger partial charge < -0.3 is 14.8 Å². The van der Waals surface area contributed by atoms with Gasteiger partial charge in [-0.25, -0.2) is 4.98 Å². The largest absolute Gasteiger partial charge is 0.351 e. The average molecular weight is 488 g/mol. The summed E-state index contributed by atoms with van der Waals surface area (Å²) in [5, 5.41) is 3.99. The molecule has 6 nitrogen and oxygen atoms in total. The Morgan fingerprint density at radius 3 is 2.60 bits per heavy atom. The molecule has 0 spiro atoms. The lowest BCUT2D eigenvalue weighted by molar-refractivity contribution is 0.0949. The van der Waals surface area contributed by atoms with Crippen molar-refractivity contribution in [2.24, 2.45) is 0 Å². The van der Waals surface area contributed by atoms with Crippen molar-refractivity contribution in [3.63, 3.8) is 0 Å². The van der Waals surface area contributed by atoms with E-state index in [9.17, 15) is 4.79 Å². The summed E-state index contributed by atoms with van der Waals surface area (Å²) in [6, 6.07) is 18.4. The lowest BCUT2D eigenvalue weighted by Crippen LogP contribution is -2.34. The smallest absolute Gasteiger partial charge is 0.251 e. The summed E-state index contributed by atoms with van der Waals surface area (Å²) in [6.07, 6.45) is 3.65. The number of aryl methyl sites for hydroxylation is 1. The molecule has 0 bridgehead atoms. The number of fused-ring (bicyclic) bond motifs is 1. The van der Waals surface area contributed by atoms with Crippen molar-refractivity contribution in [1.29, 1.82) is 0 Å². The van der Waals surface area contributed by atoms with E-state index in [1.165, 1.54) is 11.1 Å². The summed E-state index contributed by atoms with van der Waals surface area (Å²) in [6.45, 7) is 10.5. The van der Waals surface area contributed by atoms with Crippen molar-refractivity contribution in [3.05, 3.63) is 89.2 Å². The number of nitrogens with zero attached hydrogens (tertiary/aromatic N) is 4. The summed E-state index contributed by atoms with van der Waals surface area (Å²) in [4.78, 5) is 24.0. The zero-order valence-electron chi connectivity index (χ0n) is 20.7. The SMILES string of the molecule is CCN(CC)CCNC(=O)c1ccc(Cn2c(SCc3cccc(C)c3)nc3ccncc32)cc1. The number of thioether (sulfide) groups is 1. The quantitative estimate of drug-likeness (QED) is 0.296. The van der Waals surface area contributed by atoms with Gasteiger partial charge in [0.15, 0.2) is 5.16 Å². The Labute approximate surface area is 211 Å². The molecule has 7 heteroatoms. The molecule has 0 atom stereocenters. The molecule has 1 amide bonds. The second-order valence-corrected chi connectivity index (χ2v) is 9.54. The number of carbonyl (C=O) groups is 1. The van der Waals surface area contributed by atoms with Gasteiger partial charge in [0.05, 0.1) is 23.8 Å². The van der Waals surface area contributed by atoms with Crippen molar-refractivity contribution < 1.29 is 4.79 Å². The predicted molar refractivity (Wildman–Crippen MR) is 144 cm³/mol. The second kappa shape index (κ2) is 12.0. The Kier molecular flexibility index (Phi) is 8.55. The Morgan fingerprint density at radius 1 is 1.06 bits per heavy atom. The van der Waals surface area contributed by atoms with Crippen LogP contribution in [0.15, 0.2) is 72.1 Å². The molecule has 0 saturated heterocycles. The van der Waals surface area contributed by atoms with Gasteiger partial charge in [-0.3, -0.25) is 9.78 Å². The molecule has 0 saturated carbocycles. The molecule has 0 fully saturated rings. The van der Waals surface area contributed by atoms with E-state index in [4.69, 9.17) is 4.98 Å². The molecular weight excluding hydrogens is 454 g/mol. The number of carbonyl (C=O) groups excluding carboxylic acids is 1. The maximum absolute atomic E-state index is 12.5. The highest BCUT2D eigenvalue weighted by Gasteiger charge is 2.13. The monoisotopic (exact) mass is 487 g/mol. The number of likely N-dealkylation sites (N-methyl/N-ethyl adjacent to an activating group) is 1. The van der Waals surface area contributed by atoms with Gasteiger partial charge in [-0.15, -0.1) is 0 Å². The minimum absolute atomic E-state index is 0.0321. The average Bonchev–Trinajstić information content (AvgIpc) is 3.23. The minimum atomic E-state index is -0.0321. The molecular formula is C28H33N5OS. The number of rotatable bonds is 11. The van der Waals surface area contributed by atoms with E-state index in [0.29, 0.717) is 18.7 Å². The lowest BCUT2D eigenvalue weighted by atomic mass is 10.1. The second-order valence-electron chi connectivity index (χ2n) is 8.60. The first kappa shape index (κ1) is 24.9. The van der Waals surface area contributed by atoms with Crippen LogP contribution >= 0.6 is 11.8 Å². The van der Waals surface area contributed by atoms with Gasteiger partial charge in [-0.2, -0.15) is 0 Å². The summed E-state index contributed by atoms with van der Waals surface area (Å²) in [7, 11) is 0. The fourth-order valence-electron chi connectivity index (χ4n) is 4.07. The molecule has 4 aromatic rings. The fraction of sp³-hybridized carbons (Fsp3) is 0.321. The number of nitrogens with one attached hydrogen (secondary N) is 1. The zero-order valence-corrected chi connectivity index (χ0v) is 21.5. The van der Waals surface area contributed by atoms with Crippen LogP contribution in [0.5, 0.6) is 0 Å². The molecule has 0 aliphatic carbocycles. The minimum Gasteiger partial charge on any atom is -0.351 e. The predicted octanol–water partition coefficient (Wildman–Crippen LogP) is 5.15. The third-order valence-corrected chi connectivity index (χ3v) is 7.18. The van der Waals surface area contributed by atoms with Gasteiger partial charge in [0.1, 0.15) is 0 Å². The molecule has 0 aliphatic heterocycles. The van der Waals surface area contributed by atoms with E-state index in [1.54, 1.807) is 18.0 Å². The van der Waals surface area contributed by atoms with E-state index < -0.39 is 0 Å². The first-order valence-corrected chi connectivity index (χ1v) is 13.1. The molecule has 4 rings (SSSR count). The van der Waals surface area contributed by atoms with Gasteiger partial charge in [-0.05, 0) is 49.3 Å². The van der Waals surface area contributed by atoms with Crippen LogP contribution in [0.1, 0.15) is 40.9 Å². The van der Waals surface area contributed by atoms with Crippen molar-refractivity contribution in [2.75, 3.05) is 26.2 Å². The van der Waals surface area contributed by atoms with Gasteiger partial charge in [0, 0.05) is 30.6 Å².